The third-order valence-electron chi connectivity index (χ3n) is 5.90. The number of nitro groups is 1. The molecule has 0 bridgehead atoms. The summed E-state index contributed by atoms with van der Waals surface area (Å²) in [5.41, 5.74) is 3.33. The van der Waals surface area contributed by atoms with Gasteiger partial charge in [-0.2, -0.15) is 0 Å². The van der Waals surface area contributed by atoms with E-state index in [-0.39, 0.29) is 10.6 Å². The molecule has 2 aromatic carbocycles. The predicted molar refractivity (Wildman–Crippen MR) is 133 cm³/mol. The molecule has 2 aliphatic rings. The van der Waals surface area contributed by atoms with E-state index in [0.717, 1.165) is 16.0 Å². The van der Waals surface area contributed by atoms with Crippen molar-refractivity contribution in [2.75, 3.05) is 43.1 Å². The fraction of sp³-hybridized carbons (Fsp3) is 0.292. The van der Waals surface area contributed by atoms with Gasteiger partial charge in [0, 0.05) is 24.8 Å². The van der Waals surface area contributed by atoms with Crippen LogP contribution in [0.5, 0.6) is 0 Å². The van der Waals surface area contributed by atoms with E-state index in [4.69, 9.17) is 4.74 Å². The number of rotatable bonds is 6. The molecule has 182 valence electrons. The van der Waals surface area contributed by atoms with Crippen LogP contribution in [0, 0.1) is 24.0 Å². The summed E-state index contributed by atoms with van der Waals surface area (Å²) in [5.74, 6) is -1.11. The van der Waals surface area contributed by atoms with Crippen molar-refractivity contribution in [3.8, 4) is 0 Å². The molecule has 0 aliphatic carbocycles. The molecule has 1 N–H and O–H groups in total. The second-order valence-corrected chi connectivity index (χ2v) is 9.16. The van der Waals surface area contributed by atoms with E-state index in [1.54, 1.807) is 18.2 Å². The summed E-state index contributed by atoms with van der Waals surface area (Å²) in [4.78, 5) is 51.9. The summed E-state index contributed by atoms with van der Waals surface area (Å²) in [6.45, 7) is 5.44. The second-order valence-electron chi connectivity index (χ2n) is 8.17. The van der Waals surface area contributed by atoms with Gasteiger partial charge in [-0.1, -0.05) is 18.2 Å². The van der Waals surface area contributed by atoms with Gasteiger partial charge in [0.05, 0.1) is 23.0 Å². The molecule has 2 aromatic rings. The van der Waals surface area contributed by atoms with Gasteiger partial charge in [-0.15, -0.1) is 0 Å². The van der Waals surface area contributed by atoms with E-state index in [1.165, 1.54) is 12.1 Å². The largest absolute Gasteiger partial charge is 0.378 e. The van der Waals surface area contributed by atoms with E-state index in [0.29, 0.717) is 55.0 Å². The fourth-order valence-electron chi connectivity index (χ4n) is 3.86. The van der Waals surface area contributed by atoms with E-state index < -0.39 is 28.5 Å². The van der Waals surface area contributed by atoms with E-state index in [9.17, 15) is 24.5 Å². The number of nitro benzene ring substituents is 1. The van der Waals surface area contributed by atoms with Gasteiger partial charge >= 0.3 is 0 Å². The van der Waals surface area contributed by atoms with Gasteiger partial charge in [-0.3, -0.25) is 29.4 Å². The summed E-state index contributed by atoms with van der Waals surface area (Å²) < 4.78 is 5.31. The predicted octanol–water partition coefficient (Wildman–Crippen LogP) is 3.72. The Morgan fingerprint density at radius 1 is 1.20 bits per heavy atom. The molecule has 0 spiro atoms. The van der Waals surface area contributed by atoms with Crippen LogP contribution in [0.15, 0.2) is 41.3 Å². The van der Waals surface area contributed by atoms with Crippen molar-refractivity contribution >= 4 is 52.0 Å². The maximum absolute atomic E-state index is 12.8. The maximum atomic E-state index is 12.8. The first-order valence-electron chi connectivity index (χ1n) is 11.0. The quantitative estimate of drug-likeness (QED) is 0.365. The highest BCUT2D eigenvalue weighted by molar-refractivity contribution is 8.18. The van der Waals surface area contributed by atoms with E-state index in [2.05, 4.69) is 5.32 Å². The van der Waals surface area contributed by atoms with Crippen LogP contribution in [-0.2, 0) is 14.3 Å². The van der Waals surface area contributed by atoms with Gasteiger partial charge in [0.1, 0.15) is 12.2 Å². The number of nitrogens with zero attached hydrogens (tertiary/aromatic N) is 3. The van der Waals surface area contributed by atoms with Crippen molar-refractivity contribution < 1.29 is 24.0 Å². The number of morpholine rings is 1. The number of nitrogens with one attached hydrogen (secondary N) is 1. The van der Waals surface area contributed by atoms with Crippen molar-refractivity contribution in [3.05, 3.63) is 68.1 Å². The molecule has 10 nitrogen and oxygen atoms in total. The van der Waals surface area contributed by atoms with Gasteiger partial charge in [-0.05, 0) is 60.5 Å². The summed E-state index contributed by atoms with van der Waals surface area (Å²) in [5, 5.41) is 13.9. The van der Waals surface area contributed by atoms with Crippen LogP contribution < -0.4 is 10.2 Å². The molecule has 2 fully saturated rings. The average molecular weight is 497 g/mol. The van der Waals surface area contributed by atoms with Crippen LogP contribution >= 0.6 is 11.8 Å². The van der Waals surface area contributed by atoms with Crippen molar-refractivity contribution in [3.63, 3.8) is 0 Å². The number of carbonyl (C=O) groups is 3. The van der Waals surface area contributed by atoms with Crippen molar-refractivity contribution in [2.45, 2.75) is 13.8 Å². The minimum absolute atomic E-state index is 0.0900. The standard InChI is InChI=1S/C24H24N4O6S/c1-15-4-3-5-18(16(15)2)25-22(29)14-27-23(30)21(35-24(27)31)13-17-6-7-19(20(12-17)28(32)33)26-8-10-34-11-9-26/h3-7,12-13H,8-11,14H2,1-2H3,(H,25,29)/b21-13-. The maximum Gasteiger partial charge on any atom is 0.294 e. The molecule has 11 heteroatoms. The second kappa shape index (κ2) is 10.3. The average Bonchev–Trinajstić information content (AvgIpc) is 3.09. The van der Waals surface area contributed by atoms with Crippen molar-refractivity contribution in [1.82, 2.24) is 4.90 Å². The number of hydrogen-bond acceptors (Lipinski definition) is 8. The highest BCUT2D eigenvalue weighted by Crippen LogP contribution is 2.35. The Labute approximate surface area is 206 Å². The van der Waals surface area contributed by atoms with Crippen molar-refractivity contribution in [1.29, 1.82) is 0 Å². The van der Waals surface area contributed by atoms with Gasteiger partial charge in [0.25, 0.3) is 16.8 Å². The fourth-order valence-corrected chi connectivity index (χ4v) is 4.69. The van der Waals surface area contributed by atoms with Gasteiger partial charge in [0.2, 0.25) is 5.91 Å². The molecule has 2 heterocycles. The summed E-state index contributed by atoms with van der Waals surface area (Å²) in [6.07, 6.45) is 1.43. The molecule has 4 rings (SSSR count). The first-order chi connectivity index (χ1) is 16.7. The number of imide groups is 1. The lowest BCUT2D eigenvalue weighted by Gasteiger charge is -2.28. The van der Waals surface area contributed by atoms with Crippen LogP contribution in [-0.4, -0.2) is 59.7 Å². The van der Waals surface area contributed by atoms with Crippen LogP contribution in [0.25, 0.3) is 6.08 Å². The minimum atomic E-state index is -0.615. The molecule has 35 heavy (non-hydrogen) atoms. The number of ether oxygens (including phenoxy) is 1. The topological polar surface area (TPSA) is 122 Å². The molecule has 2 saturated heterocycles. The molecular weight excluding hydrogens is 472 g/mol. The van der Waals surface area contributed by atoms with Crippen LogP contribution in [0.3, 0.4) is 0 Å². The highest BCUT2D eigenvalue weighted by Gasteiger charge is 2.36. The Balaban J connectivity index is 1.50. The Kier molecular flexibility index (Phi) is 7.17. The number of thioether (sulfide) groups is 1. The van der Waals surface area contributed by atoms with Gasteiger partial charge < -0.3 is 15.0 Å². The normalized spacial score (nSPS) is 17.3. The SMILES string of the molecule is Cc1cccc(NC(=O)CN2C(=O)S/C(=C\c3ccc(N4CCOCC4)c([N+](=O)[O-])c3)C2=O)c1C. The third kappa shape index (κ3) is 5.36. The summed E-state index contributed by atoms with van der Waals surface area (Å²) >= 11 is 0.699. The number of carbonyl (C=O) groups excluding carboxylic acids is 3. The molecule has 0 radical (unpaired) electrons. The molecule has 0 aromatic heterocycles. The summed E-state index contributed by atoms with van der Waals surface area (Å²) in [7, 11) is 0. The molecule has 2 aliphatic heterocycles. The van der Waals surface area contributed by atoms with Crippen LogP contribution in [0.1, 0.15) is 16.7 Å². The number of amides is 3. The number of benzene rings is 2. The Hall–Kier alpha value is -3.70. The number of aryl methyl sites for hydroxylation is 1. The molecule has 0 unspecified atom stereocenters. The van der Waals surface area contributed by atoms with Crippen molar-refractivity contribution in [2.24, 2.45) is 0 Å². The third-order valence-corrected chi connectivity index (χ3v) is 6.81. The van der Waals surface area contributed by atoms with Gasteiger partial charge in [0.15, 0.2) is 0 Å². The molecule has 3 amide bonds. The monoisotopic (exact) mass is 496 g/mol. The van der Waals surface area contributed by atoms with E-state index >= 15 is 0 Å². The van der Waals surface area contributed by atoms with E-state index in [1.807, 2.05) is 30.9 Å². The molecule has 0 atom stereocenters. The van der Waals surface area contributed by atoms with Gasteiger partial charge in [-0.25, -0.2) is 0 Å². The Morgan fingerprint density at radius 2 is 1.94 bits per heavy atom. The summed E-state index contributed by atoms with van der Waals surface area (Å²) in [6, 6.07) is 10.2. The lowest BCUT2D eigenvalue weighted by molar-refractivity contribution is -0.384. The minimum Gasteiger partial charge on any atom is -0.378 e. The lowest BCUT2D eigenvalue weighted by Crippen LogP contribution is -2.36. The first-order valence-corrected chi connectivity index (χ1v) is 11.8. The zero-order valence-corrected chi connectivity index (χ0v) is 20.1. The zero-order chi connectivity index (χ0) is 25.1. The molecule has 0 saturated carbocycles. The van der Waals surface area contributed by atoms with Crippen LogP contribution in [0.4, 0.5) is 21.9 Å². The zero-order valence-electron chi connectivity index (χ0n) is 19.3. The van der Waals surface area contributed by atoms with Crippen LogP contribution in [0.2, 0.25) is 0 Å². The lowest BCUT2D eigenvalue weighted by atomic mass is 10.1. The Bertz CT molecular complexity index is 1240. The number of hydrogen-bond donors (Lipinski definition) is 1. The first kappa shape index (κ1) is 24.4. The number of anilines is 2. The highest BCUT2D eigenvalue weighted by atomic mass is 32.2. The smallest absolute Gasteiger partial charge is 0.294 e. The molecular formula is C24H24N4O6S. The Morgan fingerprint density at radius 3 is 2.66 bits per heavy atom.